The molecule has 0 aliphatic rings. The highest BCUT2D eigenvalue weighted by molar-refractivity contribution is 6.60. The van der Waals surface area contributed by atoms with Gasteiger partial charge in [-0.15, -0.1) is 0 Å². The Morgan fingerprint density at radius 1 is 0.474 bits per heavy atom. The van der Waals surface area contributed by atoms with Gasteiger partial charge in [-0.1, -0.05) is 121 Å². The van der Waals surface area contributed by atoms with Gasteiger partial charge in [-0.05, 0) is 44.3 Å². The van der Waals surface area contributed by atoms with E-state index >= 15 is 0 Å². The Balaban J connectivity index is 1.71. The smallest absolute Gasteiger partial charge is 0.463 e. The van der Waals surface area contributed by atoms with Crippen LogP contribution in [0.25, 0.3) is 65.9 Å². The van der Waals surface area contributed by atoms with Crippen LogP contribution in [0.4, 0.5) is 0 Å². The van der Waals surface area contributed by atoms with Crippen LogP contribution in [-0.4, -0.2) is 17.2 Å². The molecule has 1 aromatic heterocycles. The predicted octanol–water partition coefficient (Wildman–Crippen LogP) is 7.42. The summed E-state index contributed by atoms with van der Waals surface area (Å²) in [6.07, 6.45) is 0. The fourth-order valence-electron chi connectivity index (χ4n) is 5.65. The van der Waals surface area contributed by atoms with Crippen LogP contribution in [0.3, 0.4) is 0 Å². The van der Waals surface area contributed by atoms with E-state index in [9.17, 15) is 10.0 Å². The maximum Gasteiger partial charge on any atom is 0.527 e. The highest BCUT2D eigenvalue weighted by atomic mass is 16.4. The van der Waals surface area contributed by atoms with E-state index in [4.69, 9.17) is 4.42 Å². The van der Waals surface area contributed by atoms with Crippen LogP contribution in [-0.2, 0) is 0 Å². The van der Waals surface area contributed by atoms with E-state index in [-0.39, 0.29) is 5.66 Å². The largest absolute Gasteiger partial charge is 0.527 e. The van der Waals surface area contributed by atoms with Crippen LogP contribution < -0.4 is 5.66 Å². The summed E-state index contributed by atoms with van der Waals surface area (Å²) in [4.78, 5) is 0. The normalized spacial score (nSPS) is 11.4. The molecule has 1 heterocycles. The van der Waals surface area contributed by atoms with Gasteiger partial charge in [-0.2, -0.15) is 0 Å². The molecule has 0 aliphatic heterocycles. The average Bonchev–Trinajstić information content (AvgIpc) is 3.38. The molecule has 180 valence electrons. The Bertz CT molecular complexity index is 1940. The Kier molecular flexibility index (Phi) is 5.36. The van der Waals surface area contributed by atoms with Crippen molar-refractivity contribution in [3.05, 3.63) is 127 Å². The van der Waals surface area contributed by atoms with E-state index in [2.05, 4.69) is 72.8 Å². The number of fused-ring (bicyclic) bond motifs is 4. The third-order valence-electron chi connectivity index (χ3n) is 7.28. The van der Waals surface area contributed by atoms with Gasteiger partial charge >= 0.3 is 7.12 Å². The van der Waals surface area contributed by atoms with Gasteiger partial charge in [0.2, 0.25) is 0 Å². The molecule has 2 N–H and O–H groups in total. The summed E-state index contributed by atoms with van der Waals surface area (Å²) in [6.45, 7) is 0. The monoisotopic (exact) mass is 490 g/mol. The summed E-state index contributed by atoms with van der Waals surface area (Å²) in [5, 5.41) is 26.2. The van der Waals surface area contributed by atoms with Crippen LogP contribution in [0.5, 0.6) is 0 Å². The molecule has 7 aromatic rings. The number of benzene rings is 6. The molecular weight excluding hydrogens is 467 g/mol. The Morgan fingerprint density at radius 2 is 1.05 bits per heavy atom. The maximum absolute atomic E-state index is 10.5. The lowest BCUT2D eigenvalue weighted by Crippen LogP contribution is -2.29. The first kappa shape index (κ1) is 22.6. The van der Waals surface area contributed by atoms with Gasteiger partial charge in [0.1, 0.15) is 11.2 Å². The van der Waals surface area contributed by atoms with Crippen molar-refractivity contribution >= 4 is 45.3 Å². The van der Waals surface area contributed by atoms with Gasteiger partial charge in [-0.3, -0.25) is 0 Å². The molecule has 4 heteroatoms. The minimum atomic E-state index is -1.76. The summed E-state index contributed by atoms with van der Waals surface area (Å²) in [6, 6.07) is 43.2. The first-order chi connectivity index (χ1) is 18.7. The van der Waals surface area contributed by atoms with Gasteiger partial charge < -0.3 is 14.5 Å². The number of hydrogen-bond donors (Lipinski definition) is 2. The second kappa shape index (κ2) is 9.03. The summed E-state index contributed by atoms with van der Waals surface area (Å²) in [5.41, 5.74) is 6.41. The molecule has 0 unspecified atom stereocenters. The van der Waals surface area contributed by atoms with E-state index in [0.29, 0.717) is 11.1 Å². The lowest BCUT2D eigenvalue weighted by Gasteiger charge is -2.17. The molecule has 0 saturated heterocycles. The zero-order valence-electron chi connectivity index (χ0n) is 20.5. The maximum atomic E-state index is 10.5. The molecule has 0 fully saturated rings. The van der Waals surface area contributed by atoms with Crippen molar-refractivity contribution in [1.29, 1.82) is 0 Å². The molecule has 0 amide bonds. The Hall–Kier alpha value is -4.64. The standard InChI is InChI=1S/C34H23BO3/c36-35(37)34-31(24-14-5-2-6-15-24)32-28-18-10-9-17-27(28)29(26-20-19-22-11-7-8-16-25(22)21-26)30(33(32)38-34)23-12-3-1-4-13-23/h1-21,36-37H. The van der Waals surface area contributed by atoms with Crippen molar-refractivity contribution in [3.8, 4) is 33.4 Å². The fraction of sp³-hybridized carbons (Fsp3) is 0. The van der Waals surface area contributed by atoms with Crippen LogP contribution in [0.15, 0.2) is 132 Å². The Morgan fingerprint density at radius 3 is 1.74 bits per heavy atom. The van der Waals surface area contributed by atoms with E-state index in [1.165, 1.54) is 5.39 Å². The topological polar surface area (TPSA) is 53.6 Å². The molecule has 0 radical (unpaired) electrons. The Labute approximate surface area is 220 Å². The summed E-state index contributed by atoms with van der Waals surface area (Å²) in [5.74, 6) is 0. The minimum Gasteiger partial charge on any atom is -0.463 e. The molecule has 0 spiro atoms. The molecule has 6 aromatic carbocycles. The first-order valence-corrected chi connectivity index (χ1v) is 12.7. The number of rotatable bonds is 4. The molecule has 0 saturated carbocycles. The molecule has 38 heavy (non-hydrogen) atoms. The van der Waals surface area contributed by atoms with Crippen LogP contribution in [0.1, 0.15) is 0 Å². The van der Waals surface area contributed by atoms with E-state index < -0.39 is 7.12 Å². The summed E-state index contributed by atoms with van der Waals surface area (Å²) >= 11 is 0. The predicted molar refractivity (Wildman–Crippen MR) is 157 cm³/mol. The van der Waals surface area contributed by atoms with Crippen LogP contribution >= 0.6 is 0 Å². The first-order valence-electron chi connectivity index (χ1n) is 12.7. The van der Waals surface area contributed by atoms with Crippen LogP contribution in [0, 0.1) is 0 Å². The highest BCUT2D eigenvalue weighted by Gasteiger charge is 2.30. The van der Waals surface area contributed by atoms with Crippen molar-refractivity contribution < 1.29 is 14.5 Å². The van der Waals surface area contributed by atoms with Crippen molar-refractivity contribution in [1.82, 2.24) is 0 Å². The highest BCUT2D eigenvalue weighted by Crippen LogP contribution is 2.47. The second-order valence-corrected chi connectivity index (χ2v) is 9.51. The van der Waals surface area contributed by atoms with Gasteiger partial charge in [0.15, 0.2) is 0 Å². The van der Waals surface area contributed by atoms with Gasteiger partial charge in [0.05, 0.1) is 0 Å². The van der Waals surface area contributed by atoms with Crippen LogP contribution in [0.2, 0.25) is 0 Å². The number of hydrogen-bond acceptors (Lipinski definition) is 3. The van der Waals surface area contributed by atoms with Crippen molar-refractivity contribution in [2.75, 3.05) is 0 Å². The van der Waals surface area contributed by atoms with Crippen molar-refractivity contribution in [2.45, 2.75) is 0 Å². The summed E-state index contributed by atoms with van der Waals surface area (Å²) < 4.78 is 6.46. The SMILES string of the molecule is OB(O)c1oc2c(-c3ccccc3)c(-c3ccc4ccccc4c3)c3ccccc3c2c1-c1ccccc1. The third kappa shape index (κ3) is 3.54. The zero-order chi connectivity index (χ0) is 25.6. The molecule has 3 nitrogen and oxygen atoms in total. The third-order valence-corrected chi connectivity index (χ3v) is 7.28. The van der Waals surface area contributed by atoms with Crippen molar-refractivity contribution in [3.63, 3.8) is 0 Å². The lowest BCUT2D eigenvalue weighted by atomic mass is 9.80. The van der Waals surface area contributed by atoms with Gasteiger partial charge in [0.25, 0.3) is 0 Å². The zero-order valence-corrected chi connectivity index (χ0v) is 20.5. The fourth-order valence-corrected chi connectivity index (χ4v) is 5.65. The molecule has 0 aliphatic carbocycles. The van der Waals surface area contributed by atoms with E-state index in [1.807, 2.05) is 54.6 Å². The van der Waals surface area contributed by atoms with Gasteiger partial charge in [-0.25, -0.2) is 0 Å². The lowest BCUT2D eigenvalue weighted by molar-refractivity contribution is 0.413. The second-order valence-electron chi connectivity index (χ2n) is 9.51. The minimum absolute atomic E-state index is 0.143. The molecule has 7 rings (SSSR count). The van der Waals surface area contributed by atoms with E-state index in [1.54, 1.807) is 0 Å². The molecule has 0 bridgehead atoms. The summed E-state index contributed by atoms with van der Waals surface area (Å²) in [7, 11) is -1.76. The quantitative estimate of drug-likeness (QED) is 0.253. The van der Waals surface area contributed by atoms with Crippen molar-refractivity contribution in [2.24, 2.45) is 0 Å². The van der Waals surface area contributed by atoms with Gasteiger partial charge in [0, 0.05) is 22.1 Å². The average molecular weight is 490 g/mol. The number of furan rings is 1. The molecule has 0 atom stereocenters. The molecular formula is C34H23BO3. The van der Waals surface area contributed by atoms with E-state index in [0.717, 1.165) is 49.4 Å².